The highest BCUT2D eigenvalue weighted by Gasteiger charge is 2.03. The Hall–Kier alpha value is -0.870. The Balaban J connectivity index is 0. The minimum atomic E-state index is -1.19. The first-order valence-corrected chi connectivity index (χ1v) is 4.49. The minimum Gasteiger partial charge on any atom is -0.545 e. The van der Waals surface area contributed by atoms with Crippen molar-refractivity contribution in [3.8, 4) is 0 Å². The molecular formula is C10H21NO3. The lowest BCUT2D eigenvalue weighted by Gasteiger charge is -2.22. The first-order chi connectivity index (χ1) is 6.20. The number of aliphatic carboxylic acids is 1. The van der Waals surface area contributed by atoms with Crippen LogP contribution in [0, 0.1) is 0 Å². The van der Waals surface area contributed by atoms with Gasteiger partial charge in [-0.2, -0.15) is 0 Å². The van der Waals surface area contributed by atoms with Crippen molar-refractivity contribution in [3.05, 3.63) is 12.2 Å². The molecule has 0 aliphatic heterocycles. The molecule has 0 aromatic rings. The third-order valence-electron chi connectivity index (χ3n) is 1.34. The van der Waals surface area contributed by atoms with E-state index < -0.39 is 5.97 Å². The second-order valence-corrected chi connectivity index (χ2v) is 4.16. The zero-order chi connectivity index (χ0) is 11.8. The zero-order valence-corrected chi connectivity index (χ0v) is 9.54. The first kappa shape index (κ1) is 15.6. The Morgan fingerprint density at radius 3 is 1.86 bits per heavy atom. The predicted molar refractivity (Wildman–Crippen MR) is 54.4 cm³/mol. The summed E-state index contributed by atoms with van der Waals surface area (Å²) in [4.78, 5) is 9.49. The standard InChI is InChI=1S/C6H16NO.C4H6O2/c1-7(2,3)5-4-6-8;1-3(2)4(5)6/h8H,4-6H2,1-3H3;1H2,2H3,(H,5,6)/q+1;/p-1. The molecule has 14 heavy (non-hydrogen) atoms. The second-order valence-electron chi connectivity index (χ2n) is 4.16. The summed E-state index contributed by atoms with van der Waals surface area (Å²) in [5.74, 6) is -1.19. The SMILES string of the molecule is C=C(C)C(=O)[O-].C[N+](C)(C)CCCO. The van der Waals surface area contributed by atoms with E-state index in [4.69, 9.17) is 5.11 Å². The number of aliphatic hydroxyl groups is 1. The Morgan fingerprint density at radius 1 is 1.43 bits per heavy atom. The molecule has 0 bridgehead atoms. The van der Waals surface area contributed by atoms with E-state index in [0.717, 1.165) is 17.4 Å². The van der Waals surface area contributed by atoms with Gasteiger partial charge < -0.3 is 19.5 Å². The number of aliphatic hydroxyl groups excluding tert-OH is 1. The number of carboxylic acid groups (broad SMARTS) is 1. The van der Waals surface area contributed by atoms with Gasteiger partial charge in [0, 0.05) is 13.0 Å². The van der Waals surface area contributed by atoms with Gasteiger partial charge in [-0.1, -0.05) is 6.58 Å². The Kier molecular flexibility index (Phi) is 8.38. The van der Waals surface area contributed by atoms with Crippen LogP contribution in [0.1, 0.15) is 13.3 Å². The van der Waals surface area contributed by atoms with Gasteiger partial charge in [0.2, 0.25) is 0 Å². The maximum Gasteiger partial charge on any atom is 0.0802 e. The largest absolute Gasteiger partial charge is 0.545 e. The maximum atomic E-state index is 9.49. The van der Waals surface area contributed by atoms with Crippen LogP contribution in [0.15, 0.2) is 12.2 Å². The van der Waals surface area contributed by atoms with Crippen LogP contribution >= 0.6 is 0 Å². The van der Waals surface area contributed by atoms with Gasteiger partial charge in [0.1, 0.15) is 0 Å². The van der Waals surface area contributed by atoms with Gasteiger partial charge in [0.25, 0.3) is 0 Å². The molecule has 1 N–H and O–H groups in total. The number of carbonyl (C=O) groups excluding carboxylic acids is 1. The van der Waals surface area contributed by atoms with E-state index in [1.165, 1.54) is 6.92 Å². The molecule has 84 valence electrons. The van der Waals surface area contributed by atoms with Gasteiger partial charge in [-0.15, -0.1) is 0 Å². The van der Waals surface area contributed by atoms with E-state index in [1.54, 1.807) is 0 Å². The number of rotatable bonds is 4. The summed E-state index contributed by atoms with van der Waals surface area (Å²) >= 11 is 0. The third-order valence-corrected chi connectivity index (χ3v) is 1.34. The van der Waals surface area contributed by atoms with Gasteiger partial charge in [-0.25, -0.2) is 0 Å². The van der Waals surface area contributed by atoms with E-state index in [2.05, 4.69) is 27.7 Å². The van der Waals surface area contributed by atoms with Crippen LogP contribution < -0.4 is 5.11 Å². The fourth-order valence-corrected chi connectivity index (χ4v) is 0.545. The van der Waals surface area contributed by atoms with Gasteiger partial charge in [-0.3, -0.25) is 0 Å². The molecule has 0 heterocycles. The smallest absolute Gasteiger partial charge is 0.0802 e. The number of carboxylic acids is 1. The minimum absolute atomic E-state index is 0.0648. The van der Waals surface area contributed by atoms with Gasteiger partial charge >= 0.3 is 0 Å². The van der Waals surface area contributed by atoms with Crippen molar-refractivity contribution in [2.45, 2.75) is 13.3 Å². The Morgan fingerprint density at radius 2 is 1.79 bits per heavy atom. The topological polar surface area (TPSA) is 60.4 Å². The molecule has 0 atom stereocenters. The second kappa shape index (κ2) is 7.53. The molecule has 0 amide bonds. The molecule has 0 rings (SSSR count). The van der Waals surface area contributed by atoms with Gasteiger partial charge in [0.05, 0.1) is 33.7 Å². The summed E-state index contributed by atoms with van der Waals surface area (Å²) in [6, 6.07) is 0. The van der Waals surface area contributed by atoms with E-state index in [-0.39, 0.29) is 5.57 Å². The van der Waals surface area contributed by atoms with Gasteiger partial charge in [0.15, 0.2) is 0 Å². The van der Waals surface area contributed by atoms with Crippen LogP contribution in [0.5, 0.6) is 0 Å². The number of nitrogens with zero attached hydrogens (tertiary/aromatic N) is 1. The molecule has 0 saturated carbocycles. The summed E-state index contributed by atoms with van der Waals surface area (Å²) in [7, 11) is 6.36. The number of carbonyl (C=O) groups is 1. The Labute approximate surface area is 86.1 Å². The van der Waals surface area contributed by atoms with E-state index in [1.807, 2.05) is 0 Å². The van der Waals surface area contributed by atoms with Crippen molar-refractivity contribution < 1.29 is 19.5 Å². The van der Waals surface area contributed by atoms with Crippen LogP contribution in [-0.4, -0.2) is 49.9 Å². The van der Waals surface area contributed by atoms with Crippen LogP contribution in [0.2, 0.25) is 0 Å². The quantitative estimate of drug-likeness (QED) is 0.489. The number of hydrogen-bond donors (Lipinski definition) is 1. The van der Waals surface area contributed by atoms with Crippen LogP contribution in [0.3, 0.4) is 0 Å². The van der Waals surface area contributed by atoms with Crippen molar-refractivity contribution in [2.24, 2.45) is 0 Å². The van der Waals surface area contributed by atoms with E-state index in [9.17, 15) is 9.90 Å². The molecule has 0 aromatic carbocycles. The molecule has 0 aliphatic carbocycles. The zero-order valence-electron chi connectivity index (χ0n) is 9.54. The third kappa shape index (κ3) is 17.3. The highest BCUT2D eigenvalue weighted by molar-refractivity contribution is 5.82. The lowest BCUT2D eigenvalue weighted by Crippen LogP contribution is -2.35. The van der Waals surface area contributed by atoms with Crippen LogP contribution in [-0.2, 0) is 4.79 Å². The van der Waals surface area contributed by atoms with E-state index >= 15 is 0 Å². The predicted octanol–water partition coefficient (Wildman–Crippen LogP) is -0.613. The molecule has 4 nitrogen and oxygen atoms in total. The molecule has 0 radical (unpaired) electrons. The lowest BCUT2D eigenvalue weighted by atomic mass is 10.4. The van der Waals surface area contributed by atoms with Crippen molar-refractivity contribution >= 4 is 5.97 Å². The van der Waals surface area contributed by atoms with Gasteiger partial charge in [-0.05, 0) is 12.5 Å². The van der Waals surface area contributed by atoms with Crippen LogP contribution in [0.4, 0.5) is 0 Å². The summed E-state index contributed by atoms with van der Waals surface area (Å²) in [6.07, 6.45) is 0.906. The summed E-state index contributed by atoms with van der Waals surface area (Å²) < 4.78 is 0.945. The van der Waals surface area contributed by atoms with Crippen molar-refractivity contribution in [3.63, 3.8) is 0 Å². The molecule has 4 heteroatoms. The fourth-order valence-electron chi connectivity index (χ4n) is 0.545. The molecule has 0 fully saturated rings. The monoisotopic (exact) mass is 203 g/mol. The molecule has 0 spiro atoms. The number of hydrogen-bond acceptors (Lipinski definition) is 3. The van der Waals surface area contributed by atoms with Crippen molar-refractivity contribution in [2.75, 3.05) is 34.3 Å². The van der Waals surface area contributed by atoms with Crippen molar-refractivity contribution in [1.29, 1.82) is 0 Å². The normalized spacial score (nSPS) is 10.1. The first-order valence-electron chi connectivity index (χ1n) is 4.49. The number of quaternary nitrogens is 1. The highest BCUT2D eigenvalue weighted by Crippen LogP contribution is 1.90. The average Bonchev–Trinajstić information content (AvgIpc) is 2.00. The highest BCUT2D eigenvalue weighted by atomic mass is 16.4. The molecule has 0 aliphatic rings. The van der Waals surface area contributed by atoms with Crippen LogP contribution in [0.25, 0.3) is 0 Å². The van der Waals surface area contributed by atoms with E-state index in [0.29, 0.717) is 6.61 Å². The fraction of sp³-hybridized carbons (Fsp3) is 0.700. The lowest BCUT2D eigenvalue weighted by molar-refractivity contribution is -0.870. The maximum absolute atomic E-state index is 9.49. The summed E-state index contributed by atoms with van der Waals surface area (Å²) in [6.45, 7) is 5.84. The van der Waals surface area contributed by atoms with Crippen molar-refractivity contribution in [1.82, 2.24) is 0 Å². The molecule has 0 unspecified atom stereocenters. The Bertz CT molecular complexity index is 170. The summed E-state index contributed by atoms with van der Waals surface area (Å²) in [5.41, 5.74) is 0.0648. The molecule has 0 aromatic heterocycles. The molecule has 0 saturated heterocycles. The summed E-state index contributed by atoms with van der Waals surface area (Å²) in [5, 5.41) is 17.9. The molecular weight excluding hydrogens is 182 g/mol. The average molecular weight is 203 g/mol.